The van der Waals surface area contributed by atoms with Crippen molar-refractivity contribution in [1.29, 1.82) is 0 Å². The van der Waals surface area contributed by atoms with E-state index in [-0.39, 0.29) is 28.9 Å². The molecule has 0 aromatic heterocycles. The third-order valence-electron chi connectivity index (χ3n) is 6.61. The fraction of sp³-hybridized carbons (Fsp3) is 0.667. The molecule has 30 heavy (non-hydrogen) atoms. The SMILES string of the molecule is CC(=O)NC(C)(C)[C@@H]1CC2(CCN(C(=O)OC(C)(C)C)CC2)c2cc(Cl)c(C)cc21. The van der Waals surface area contributed by atoms with Gasteiger partial charge in [-0.15, -0.1) is 0 Å². The van der Waals surface area contributed by atoms with E-state index < -0.39 is 5.60 Å². The van der Waals surface area contributed by atoms with Gasteiger partial charge in [0, 0.05) is 36.5 Å². The van der Waals surface area contributed by atoms with Gasteiger partial charge in [0.1, 0.15) is 5.60 Å². The van der Waals surface area contributed by atoms with E-state index in [1.54, 1.807) is 6.92 Å². The molecule has 6 heteroatoms. The van der Waals surface area contributed by atoms with Crippen molar-refractivity contribution in [1.82, 2.24) is 10.2 Å². The average Bonchev–Trinajstić information content (AvgIpc) is 2.88. The number of halogens is 1. The average molecular weight is 435 g/mol. The lowest BCUT2D eigenvalue weighted by Gasteiger charge is -2.41. The van der Waals surface area contributed by atoms with Crippen molar-refractivity contribution in [2.24, 2.45) is 0 Å². The normalized spacial score (nSPS) is 20.8. The number of piperidine rings is 1. The van der Waals surface area contributed by atoms with Crippen LogP contribution in [-0.4, -0.2) is 41.1 Å². The number of rotatable bonds is 2. The maximum absolute atomic E-state index is 12.5. The van der Waals surface area contributed by atoms with Gasteiger partial charge >= 0.3 is 6.09 Å². The van der Waals surface area contributed by atoms with Crippen LogP contribution in [0.5, 0.6) is 0 Å². The lowest BCUT2D eigenvalue weighted by molar-refractivity contribution is -0.120. The van der Waals surface area contributed by atoms with Crippen LogP contribution in [0.2, 0.25) is 5.02 Å². The van der Waals surface area contributed by atoms with Gasteiger partial charge in [-0.3, -0.25) is 4.79 Å². The third kappa shape index (κ3) is 4.46. The number of hydrogen-bond acceptors (Lipinski definition) is 3. The molecule has 0 radical (unpaired) electrons. The van der Waals surface area contributed by atoms with Gasteiger partial charge in [-0.1, -0.05) is 17.7 Å². The Bertz CT molecular complexity index is 849. The number of nitrogens with zero attached hydrogens (tertiary/aromatic N) is 1. The van der Waals surface area contributed by atoms with Crippen molar-refractivity contribution in [3.63, 3.8) is 0 Å². The van der Waals surface area contributed by atoms with Gasteiger partial charge in [-0.2, -0.15) is 0 Å². The molecule has 1 N–H and O–H groups in total. The summed E-state index contributed by atoms with van der Waals surface area (Å²) in [5.41, 5.74) is 2.72. The first-order chi connectivity index (χ1) is 13.7. The highest BCUT2D eigenvalue weighted by Gasteiger charge is 2.50. The van der Waals surface area contributed by atoms with E-state index in [0.717, 1.165) is 29.8 Å². The van der Waals surface area contributed by atoms with E-state index in [1.165, 1.54) is 11.1 Å². The monoisotopic (exact) mass is 434 g/mol. The van der Waals surface area contributed by atoms with Crippen LogP contribution in [0.3, 0.4) is 0 Å². The molecule has 1 aliphatic heterocycles. The topological polar surface area (TPSA) is 58.6 Å². The van der Waals surface area contributed by atoms with Crippen LogP contribution in [-0.2, 0) is 14.9 Å². The molecule has 1 atom stereocenters. The molecular weight excluding hydrogens is 400 g/mol. The molecule has 1 saturated heterocycles. The Hall–Kier alpha value is -1.75. The highest BCUT2D eigenvalue weighted by atomic mass is 35.5. The molecule has 3 rings (SSSR count). The number of fused-ring (bicyclic) bond motifs is 2. The summed E-state index contributed by atoms with van der Waals surface area (Å²) < 4.78 is 5.57. The molecule has 0 unspecified atom stereocenters. The number of nitrogens with one attached hydrogen (secondary N) is 1. The van der Waals surface area contributed by atoms with Crippen molar-refractivity contribution in [3.05, 3.63) is 33.8 Å². The van der Waals surface area contributed by atoms with E-state index in [9.17, 15) is 9.59 Å². The number of benzene rings is 1. The minimum absolute atomic E-state index is 0.0204. The summed E-state index contributed by atoms with van der Waals surface area (Å²) >= 11 is 6.54. The van der Waals surface area contributed by atoms with E-state index in [0.29, 0.717) is 13.1 Å². The van der Waals surface area contributed by atoms with Gasteiger partial charge in [0.2, 0.25) is 5.91 Å². The van der Waals surface area contributed by atoms with Crippen LogP contribution in [0.25, 0.3) is 0 Å². The zero-order valence-electron chi connectivity index (χ0n) is 19.3. The first kappa shape index (κ1) is 22.9. The Kier molecular flexibility index (Phi) is 5.92. The molecule has 0 bridgehead atoms. The smallest absolute Gasteiger partial charge is 0.410 e. The highest BCUT2D eigenvalue weighted by molar-refractivity contribution is 6.31. The van der Waals surface area contributed by atoms with Gasteiger partial charge in [0.05, 0.1) is 0 Å². The van der Waals surface area contributed by atoms with E-state index in [2.05, 4.69) is 31.3 Å². The third-order valence-corrected chi connectivity index (χ3v) is 7.02. The minimum atomic E-state index is -0.495. The summed E-state index contributed by atoms with van der Waals surface area (Å²) in [6.07, 6.45) is 2.43. The minimum Gasteiger partial charge on any atom is -0.444 e. The second-order valence-electron chi connectivity index (χ2n) is 10.6. The van der Waals surface area contributed by atoms with E-state index in [4.69, 9.17) is 16.3 Å². The van der Waals surface area contributed by atoms with Gasteiger partial charge in [0.15, 0.2) is 0 Å². The summed E-state index contributed by atoms with van der Waals surface area (Å²) in [6, 6.07) is 4.32. The van der Waals surface area contributed by atoms with Gasteiger partial charge in [-0.25, -0.2) is 4.79 Å². The van der Waals surface area contributed by atoms with Gasteiger partial charge in [0.25, 0.3) is 0 Å². The van der Waals surface area contributed by atoms with E-state index in [1.807, 2.05) is 32.6 Å². The second kappa shape index (κ2) is 7.74. The van der Waals surface area contributed by atoms with Crippen molar-refractivity contribution in [2.75, 3.05) is 13.1 Å². The summed E-state index contributed by atoms with van der Waals surface area (Å²) in [5, 5.41) is 3.93. The van der Waals surface area contributed by atoms with Crippen molar-refractivity contribution in [2.45, 2.75) is 90.2 Å². The van der Waals surface area contributed by atoms with E-state index >= 15 is 0 Å². The Morgan fingerprint density at radius 3 is 2.30 bits per heavy atom. The summed E-state index contributed by atoms with van der Waals surface area (Å²) in [6.45, 7) is 14.8. The van der Waals surface area contributed by atoms with Crippen molar-refractivity contribution >= 4 is 23.6 Å². The van der Waals surface area contributed by atoms with Crippen LogP contribution in [0.4, 0.5) is 4.79 Å². The Labute approximate surface area is 185 Å². The standard InChI is InChI=1S/C24H35ClN2O3/c1-15-12-17-18(13-20(15)25)24(14-19(17)23(6,7)26-16(2)28)8-10-27(11-9-24)21(29)30-22(3,4)5/h12-13,19H,8-11,14H2,1-7H3,(H,26,28)/t19-/m1/s1. The Morgan fingerprint density at radius 2 is 1.77 bits per heavy atom. The number of amides is 2. The summed E-state index contributed by atoms with van der Waals surface area (Å²) in [4.78, 5) is 26.2. The zero-order chi connectivity index (χ0) is 22.5. The first-order valence-corrected chi connectivity index (χ1v) is 11.2. The van der Waals surface area contributed by atoms with Crippen LogP contribution >= 0.6 is 11.6 Å². The van der Waals surface area contributed by atoms with Gasteiger partial charge < -0.3 is 15.0 Å². The van der Waals surface area contributed by atoms with Crippen LogP contribution < -0.4 is 5.32 Å². The van der Waals surface area contributed by atoms with Crippen LogP contribution in [0.15, 0.2) is 12.1 Å². The fourth-order valence-electron chi connectivity index (χ4n) is 5.16. The lowest BCUT2D eigenvalue weighted by Crippen LogP contribution is -2.48. The molecule has 1 aromatic carbocycles. The Balaban J connectivity index is 1.90. The van der Waals surface area contributed by atoms with Gasteiger partial charge in [-0.05, 0) is 89.0 Å². The quantitative estimate of drug-likeness (QED) is 0.685. The molecule has 1 fully saturated rings. The van der Waals surface area contributed by atoms with Crippen LogP contribution in [0, 0.1) is 6.92 Å². The molecule has 1 spiro atoms. The molecule has 1 heterocycles. The second-order valence-corrected chi connectivity index (χ2v) is 11.0. The number of ether oxygens (including phenoxy) is 1. The zero-order valence-corrected chi connectivity index (χ0v) is 20.1. The number of carbonyl (C=O) groups is 2. The van der Waals surface area contributed by atoms with Crippen LogP contribution in [0.1, 0.15) is 83.4 Å². The first-order valence-electron chi connectivity index (χ1n) is 10.8. The maximum Gasteiger partial charge on any atom is 0.410 e. The molecule has 2 amide bonds. The summed E-state index contributed by atoms with van der Waals surface area (Å²) in [7, 11) is 0. The number of carbonyl (C=O) groups excluding carboxylic acids is 2. The number of hydrogen-bond donors (Lipinski definition) is 1. The van der Waals surface area contributed by atoms with Crippen molar-refractivity contribution in [3.8, 4) is 0 Å². The fourth-order valence-corrected chi connectivity index (χ4v) is 5.33. The highest BCUT2D eigenvalue weighted by Crippen LogP contribution is 2.55. The molecule has 0 saturated carbocycles. The van der Waals surface area contributed by atoms with Crippen molar-refractivity contribution < 1.29 is 14.3 Å². The maximum atomic E-state index is 12.5. The molecular formula is C24H35ClN2O3. The number of aryl methyl sites for hydroxylation is 1. The predicted octanol–water partition coefficient (Wildman–Crippen LogP) is 5.32. The summed E-state index contributed by atoms with van der Waals surface area (Å²) in [5.74, 6) is 0.174. The largest absolute Gasteiger partial charge is 0.444 e. The molecule has 1 aliphatic carbocycles. The molecule has 166 valence electrons. The molecule has 1 aromatic rings. The Morgan fingerprint density at radius 1 is 1.17 bits per heavy atom. The molecule has 2 aliphatic rings. The lowest BCUT2D eigenvalue weighted by atomic mass is 9.72. The predicted molar refractivity (Wildman–Crippen MR) is 120 cm³/mol. The number of likely N-dealkylation sites (tertiary alicyclic amines) is 1. The molecule has 5 nitrogen and oxygen atoms in total.